The Balaban J connectivity index is 2.85. The van der Waals surface area contributed by atoms with Crippen molar-refractivity contribution in [2.24, 2.45) is 0 Å². The van der Waals surface area contributed by atoms with E-state index in [1.807, 2.05) is 20.8 Å². The molecule has 17 heavy (non-hydrogen) atoms. The first-order chi connectivity index (χ1) is 8.11. The average Bonchev–Trinajstić information content (AvgIpc) is 2.72. The predicted octanol–water partition coefficient (Wildman–Crippen LogP) is 1.65. The lowest BCUT2D eigenvalue weighted by Crippen LogP contribution is -2.20. The van der Waals surface area contributed by atoms with Crippen LogP contribution < -0.4 is 10.1 Å². The highest BCUT2D eigenvalue weighted by Gasteiger charge is 2.20. The van der Waals surface area contributed by atoms with Crippen molar-refractivity contribution in [2.75, 3.05) is 20.2 Å². The van der Waals surface area contributed by atoms with Crippen LogP contribution in [-0.4, -0.2) is 35.8 Å². The van der Waals surface area contributed by atoms with Crippen LogP contribution in [0.3, 0.4) is 0 Å². The Kier molecular flexibility index (Phi) is 5.15. The fourth-order valence-corrected chi connectivity index (χ4v) is 1.65. The van der Waals surface area contributed by atoms with Gasteiger partial charge in [0.25, 0.3) is 0 Å². The molecule has 1 N–H and O–H groups in total. The van der Waals surface area contributed by atoms with Crippen LogP contribution in [0.5, 0.6) is 5.75 Å². The molecule has 0 unspecified atom stereocenters. The Morgan fingerprint density at radius 1 is 1.59 bits per heavy atom. The molecule has 0 bridgehead atoms. The van der Waals surface area contributed by atoms with Gasteiger partial charge >= 0.3 is 0 Å². The number of hydrogen-bond donors (Lipinski definition) is 1. The van der Waals surface area contributed by atoms with E-state index in [2.05, 4.69) is 10.4 Å². The van der Waals surface area contributed by atoms with Crippen LogP contribution in [0.25, 0.3) is 0 Å². The molecule has 5 heteroatoms. The highest BCUT2D eigenvalue weighted by atomic mass is 16.5. The van der Waals surface area contributed by atoms with E-state index in [4.69, 9.17) is 4.74 Å². The molecule has 0 aliphatic carbocycles. The molecule has 0 atom stereocenters. The summed E-state index contributed by atoms with van der Waals surface area (Å²) in [5.74, 6) is 0.620. The standard InChI is InChI=1S/C12H21N3O2/c1-5-13-7-6-10(16)12-11(17-4)8-14-15(12)9(2)3/h8-9,13H,5-7H2,1-4H3. The number of methoxy groups -OCH3 is 1. The van der Waals surface area contributed by atoms with Crippen molar-refractivity contribution in [2.45, 2.75) is 33.2 Å². The molecule has 0 aliphatic heterocycles. The van der Waals surface area contributed by atoms with Gasteiger partial charge in [0.1, 0.15) is 5.69 Å². The van der Waals surface area contributed by atoms with Crippen LogP contribution in [-0.2, 0) is 0 Å². The Labute approximate surface area is 102 Å². The summed E-state index contributed by atoms with van der Waals surface area (Å²) >= 11 is 0. The van der Waals surface area contributed by atoms with Gasteiger partial charge in [0.15, 0.2) is 11.5 Å². The Hall–Kier alpha value is -1.36. The van der Waals surface area contributed by atoms with E-state index in [0.29, 0.717) is 24.4 Å². The van der Waals surface area contributed by atoms with E-state index >= 15 is 0 Å². The summed E-state index contributed by atoms with van der Waals surface area (Å²) < 4.78 is 6.89. The summed E-state index contributed by atoms with van der Waals surface area (Å²) in [6, 6.07) is 0.150. The van der Waals surface area contributed by atoms with Gasteiger partial charge in [-0.05, 0) is 20.4 Å². The van der Waals surface area contributed by atoms with E-state index in [0.717, 1.165) is 6.54 Å². The number of aromatic nitrogens is 2. The second kappa shape index (κ2) is 6.39. The van der Waals surface area contributed by atoms with Crippen molar-refractivity contribution < 1.29 is 9.53 Å². The predicted molar refractivity (Wildman–Crippen MR) is 66.7 cm³/mol. The maximum atomic E-state index is 12.1. The third-order valence-electron chi connectivity index (χ3n) is 2.51. The maximum Gasteiger partial charge on any atom is 0.185 e. The molecule has 5 nitrogen and oxygen atoms in total. The lowest BCUT2D eigenvalue weighted by molar-refractivity contribution is 0.0967. The maximum absolute atomic E-state index is 12.1. The second-order valence-corrected chi connectivity index (χ2v) is 4.13. The van der Waals surface area contributed by atoms with E-state index in [-0.39, 0.29) is 11.8 Å². The smallest absolute Gasteiger partial charge is 0.185 e. The highest BCUT2D eigenvalue weighted by Crippen LogP contribution is 2.22. The topological polar surface area (TPSA) is 56.1 Å². The third-order valence-corrected chi connectivity index (χ3v) is 2.51. The van der Waals surface area contributed by atoms with Gasteiger partial charge in [-0.1, -0.05) is 6.92 Å². The van der Waals surface area contributed by atoms with Crippen molar-refractivity contribution in [1.29, 1.82) is 0 Å². The lowest BCUT2D eigenvalue weighted by Gasteiger charge is -2.11. The normalized spacial score (nSPS) is 10.9. The fourth-order valence-electron chi connectivity index (χ4n) is 1.65. The first-order valence-electron chi connectivity index (χ1n) is 5.97. The first-order valence-corrected chi connectivity index (χ1v) is 5.97. The summed E-state index contributed by atoms with van der Waals surface area (Å²) in [5, 5.41) is 7.32. The van der Waals surface area contributed by atoms with Crippen molar-refractivity contribution >= 4 is 5.78 Å². The molecular formula is C12H21N3O2. The molecule has 0 aliphatic rings. The van der Waals surface area contributed by atoms with Crippen molar-refractivity contribution in [1.82, 2.24) is 15.1 Å². The highest BCUT2D eigenvalue weighted by molar-refractivity contribution is 5.97. The fraction of sp³-hybridized carbons (Fsp3) is 0.667. The number of nitrogens with one attached hydrogen (secondary N) is 1. The van der Waals surface area contributed by atoms with Crippen LogP contribution in [0.2, 0.25) is 0 Å². The van der Waals surface area contributed by atoms with E-state index in [1.165, 1.54) is 0 Å². The summed E-state index contributed by atoms with van der Waals surface area (Å²) in [5.41, 5.74) is 0.570. The number of ether oxygens (including phenoxy) is 1. The van der Waals surface area contributed by atoms with E-state index < -0.39 is 0 Å². The van der Waals surface area contributed by atoms with E-state index in [9.17, 15) is 4.79 Å². The molecule has 0 saturated carbocycles. The average molecular weight is 239 g/mol. The number of hydrogen-bond acceptors (Lipinski definition) is 4. The molecule has 0 fully saturated rings. The number of ketones is 1. The quantitative estimate of drug-likeness (QED) is 0.580. The minimum absolute atomic E-state index is 0.0639. The van der Waals surface area contributed by atoms with Gasteiger partial charge in [-0.2, -0.15) is 5.10 Å². The van der Waals surface area contributed by atoms with Gasteiger partial charge in [-0.25, -0.2) is 0 Å². The van der Waals surface area contributed by atoms with Crippen molar-refractivity contribution in [3.05, 3.63) is 11.9 Å². The summed E-state index contributed by atoms with van der Waals surface area (Å²) in [6.07, 6.45) is 2.06. The van der Waals surface area contributed by atoms with Crippen LogP contribution in [0, 0.1) is 0 Å². The zero-order chi connectivity index (χ0) is 12.8. The molecule has 1 rings (SSSR count). The SMILES string of the molecule is CCNCCC(=O)c1c(OC)cnn1C(C)C. The number of Topliss-reactive ketones (excluding diaryl/α,β-unsaturated/α-hetero) is 1. The number of rotatable bonds is 7. The number of carbonyl (C=O) groups is 1. The molecule has 0 radical (unpaired) electrons. The van der Waals surface area contributed by atoms with Crippen molar-refractivity contribution in [3.8, 4) is 5.75 Å². The molecular weight excluding hydrogens is 218 g/mol. The number of carbonyl (C=O) groups excluding carboxylic acids is 1. The van der Waals surface area contributed by atoms with Crippen LogP contribution >= 0.6 is 0 Å². The van der Waals surface area contributed by atoms with Gasteiger partial charge in [-0.3, -0.25) is 9.48 Å². The second-order valence-electron chi connectivity index (χ2n) is 4.13. The largest absolute Gasteiger partial charge is 0.493 e. The molecule has 1 aromatic heterocycles. The van der Waals surface area contributed by atoms with Gasteiger partial charge in [0, 0.05) is 19.0 Å². The monoisotopic (exact) mass is 239 g/mol. The van der Waals surface area contributed by atoms with Crippen LogP contribution in [0.4, 0.5) is 0 Å². The minimum Gasteiger partial charge on any atom is -0.493 e. The lowest BCUT2D eigenvalue weighted by atomic mass is 10.2. The van der Waals surface area contributed by atoms with Gasteiger partial charge in [-0.15, -0.1) is 0 Å². The molecule has 0 spiro atoms. The summed E-state index contributed by atoms with van der Waals surface area (Å²) in [6.45, 7) is 7.56. The molecule has 0 aromatic carbocycles. The molecule has 0 saturated heterocycles. The Bertz CT molecular complexity index is 372. The van der Waals surface area contributed by atoms with E-state index in [1.54, 1.807) is 18.0 Å². The Morgan fingerprint density at radius 2 is 2.29 bits per heavy atom. The van der Waals surface area contributed by atoms with Gasteiger partial charge in [0.2, 0.25) is 0 Å². The minimum atomic E-state index is 0.0639. The van der Waals surface area contributed by atoms with Crippen LogP contribution in [0.15, 0.2) is 6.20 Å². The zero-order valence-corrected chi connectivity index (χ0v) is 11.0. The molecule has 1 heterocycles. The molecule has 96 valence electrons. The number of nitrogens with zero attached hydrogens (tertiary/aromatic N) is 2. The summed E-state index contributed by atoms with van der Waals surface area (Å²) in [4.78, 5) is 12.1. The molecule has 1 aromatic rings. The third kappa shape index (κ3) is 3.30. The van der Waals surface area contributed by atoms with Crippen molar-refractivity contribution in [3.63, 3.8) is 0 Å². The zero-order valence-electron chi connectivity index (χ0n) is 11.0. The van der Waals surface area contributed by atoms with Gasteiger partial charge in [0.05, 0.1) is 13.3 Å². The molecule has 0 amide bonds. The van der Waals surface area contributed by atoms with Crippen LogP contribution in [0.1, 0.15) is 43.7 Å². The first kappa shape index (κ1) is 13.7. The Morgan fingerprint density at radius 3 is 2.82 bits per heavy atom. The van der Waals surface area contributed by atoms with Gasteiger partial charge < -0.3 is 10.1 Å². The summed E-state index contributed by atoms with van der Waals surface area (Å²) in [7, 11) is 1.56.